The Kier molecular flexibility index (Phi) is 6.77. The highest BCUT2D eigenvalue weighted by Gasteiger charge is 2.16. The van der Waals surface area contributed by atoms with E-state index in [1.165, 1.54) is 0 Å². The first-order valence-electron chi connectivity index (χ1n) is 7.55. The van der Waals surface area contributed by atoms with Crippen LogP contribution in [0.15, 0.2) is 47.8 Å². The Morgan fingerprint density at radius 3 is 2.39 bits per heavy atom. The molecule has 1 aromatic carbocycles. The average Bonchev–Trinajstić information content (AvgIpc) is 3.09. The van der Waals surface area contributed by atoms with E-state index in [1.807, 2.05) is 54.8 Å². The van der Waals surface area contributed by atoms with Crippen molar-refractivity contribution in [1.82, 2.24) is 16.0 Å². The summed E-state index contributed by atoms with van der Waals surface area (Å²) < 4.78 is 0. The zero-order chi connectivity index (χ0) is 16.5. The normalized spacial score (nSPS) is 11.7. The summed E-state index contributed by atoms with van der Waals surface area (Å²) in [5, 5.41) is 10.5. The van der Waals surface area contributed by atoms with Crippen LogP contribution in [0, 0.1) is 0 Å². The second-order valence-electron chi connectivity index (χ2n) is 4.97. The zero-order valence-electron chi connectivity index (χ0n) is 13.0. The Bertz CT molecular complexity index is 614. The third-order valence-electron chi connectivity index (χ3n) is 3.25. The summed E-state index contributed by atoms with van der Waals surface area (Å²) in [5.41, 5.74) is 1.10. The van der Waals surface area contributed by atoms with Gasteiger partial charge in [0.15, 0.2) is 0 Å². The van der Waals surface area contributed by atoms with Gasteiger partial charge in [0.2, 0.25) is 11.8 Å². The molecule has 0 bridgehead atoms. The Hall–Kier alpha value is -2.18. The molecule has 0 saturated carbocycles. The Morgan fingerprint density at radius 1 is 1.00 bits per heavy atom. The zero-order valence-corrected chi connectivity index (χ0v) is 13.9. The summed E-state index contributed by atoms with van der Waals surface area (Å²) >= 11 is 1.64. The monoisotopic (exact) mass is 331 g/mol. The SMILES string of the molecule is CCNC(=O)CNC(=O)CN[C@@H](c1ccccc1)c1cccs1. The number of amides is 2. The van der Waals surface area contributed by atoms with Gasteiger partial charge in [-0.05, 0) is 23.9 Å². The van der Waals surface area contributed by atoms with Crippen LogP contribution in [-0.4, -0.2) is 31.4 Å². The first-order chi connectivity index (χ1) is 11.2. The van der Waals surface area contributed by atoms with Crippen LogP contribution in [0.25, 0.3) is 0 Å². The molecule has 0 unspecified atom stereocenters. The summed E-state index contributed by atoms with van der Waals surface area (Å²) in [5.74, 6) is -0.382. The third kappa shape index (κ3) is 5.50. The number of hydrogen-bond acceptors (Lipinski definition) is 4. The molecule has 2 amide bonds. The van der Waals surface area contributed by atoms with Gasteiger partial charge in [-0.1, -0.05) is 36.4 Å². The molecule has 5 nitrogen and oxygen atoms in total. The molecule has 1 atom stereocenters. The van der Waals surface area contributed by atoms with E-state index in [0.29, 0.717) is 6.54 Å². The van der Waals surface area contributed by atoms with E-state index in [9.17, 15) is 9.59 Å². The lowest BCUT2D eigenvalue weighted by atomic mass is 10.1. The second kappa shape index (κ2) is 9.07. The number of likely N-dealkylation sites (N-methyl/N-ethyl adjacent to an activating group) is 1. The smallest absolute Gasteiger partial charge is 0.239 e. The van der Waals surface area contributed by atoms with E-state index in [-0.39, 0.29) is 30.9 Å². The van der Waals surface area contributed by atoms with Crippen molar-refractivity contribution in [3.8, 4) is 0 Å². The Morgan fingerprint density at radius 2 is 1.74 bits per heavy atom. The quantitative estimate of drug-likeness (QED) is 0.689. The lowest BCUT2D eigenvalue weighted by molar-refractivity contribution is -0.125. The standard InChI is InChI=1S/C17H21N3O2S/c1-2-18-15(21)11-19-16(22)12-20-17(14-9-6-10-23-14)13-7-4-3-5-8-13/h3-10,17,20H,2,11-12H2,1H3,(H,18,21)(H,19,22)/t17-/m0/s1. The first-order valence-corrected chi connectivity index (χ1v) is 8.43. The van der Waals surface area contributed by atoms with E-state index < -0.39 is 0 Å². The summed E-state index contributed by atoms with van der Waals surface area (Å²) in [7, 11) is 0. The number of carbonyl (C=O) groups excluding carboxylic acids is 2. The molecule has 1 aromatic heterocycles. The number of thiophene rings is 1. The minimum Gasteiger partial charge on any atom is -0.355 e. The first kappa shape index (κ1) is 17.2. The van der Waals surface area contributed by atoms with Crippen molar-refractivity contribution >= 4 is 23.2 Å². The molecule has 0 saturated heterocycles. The van der Waals surface area contributed by atoms with E-state index in [2.05, 4.69) is 16.0 Å². The van der Waals surface area contributed by atoms with E-state index >= 15 is 0 Å². The van der Waals surface area contributed by atoms with Crippen LogP contribution in [0.1, 0.15) is 23.4 Å². The van der Waals surface area contributed by atoms with Crippen molar-refractivity contribution in [2.24, 2.45) is 0 Å². The van der Waals surface area contributed by atoms with Gasteiger partial charge in [0.1, 0.15) is 0 Å². The number of carbonyl (C=O) groups is 2. The minimum absolute atomic E-state index is 0.00333. The lowest BCUT2D eigenvalue weighted by Gasteiger charge is -2.18. The molecule has 0 aliphatic rings. The van der Waals surface area contributed by atoms with Crippen LogP contribution in [-0.2, 0) is 9.59 Å². The Labute approximate surface area is 140 Å². The van der Waals surface area contributed by atoms with Crippen LogP contribution in [0.3, 0.4) is 0 Å². The third-order valence-corrected chi connectivity index (χ3v) is 4.18. The molecular weight excluding hydrogens is 310 g/mol. The van der Waals surface area contributed by atoms with E-state index in [0.717, 1.165) is 10.4 Å². The van der Waals surface area contributed by atoms with Crippen molar-refractivity contribution in [3.63, 3.8) is 0 Å². The highest BCUT2D eigenvalue weighted by molar-refractivity contribution is 7.10. The molecule has 0 aliphatic carbocycles. The summed E-state index contributed by atoms with van der Waals surface area (Å²) in [6.45, 7) is 2.55. The maximum atomic E-state index is 11.9. The van der Waals surface area contributed by atoms with Gasteiger partial charge >= 0.3 is 0 Å². The van der Waals surface area contributed by atoms with Crippen molar-refractivity contribution in [1.29, 1.82) is 0 Å². The largest absolute Gasteiger partial charge is 0.355 e. The fourth-order valence-electron chi connectivity index (χ4n) is 2.18. The van der Waals surface area contributed by atoms with Crippen LogP contribution >= 0.6 is 11.3 Å². The maximum absolute atomic E-state index is 11.9. The van der Waals surface area contributed by atoms with Gasteiger partial charge in [-0.15, -0.1) is 11.3 Å². The summed E-state index contributed by atoms with van der Waals surface area (Å²) in [6, 6.07) is 14.0. The van der Waals surface area contributed by atoms with Gasteiger partial charge in [0.25, 0.3) is 0 Å². The van der Waals surface area contributed by atoms with Crippen molar-refractivity contribution in [2.75, 3.05) is 19.6 Å². The number of hydrogen-bond donors (Lipinski definition) is 3. The van der Waals surface area contributed by atoms with Crippen molar-refractivity contribution in [3.05, 3.63) is 58.3 Å². The van der Waals surface area contributed by atoms with Crippen LogP contribution in [0.2, 0.25) is 0 Å². The number of benzene rings is 1. The molecule has 2 aromatic rings. The van der Waals surface area contributed by atoms with Crippen LogP contribution in [0.5, 0.6) is 0 Å². The molecule has 0 spiro atoms. The molecule has 2 rings (SSSR count). The van der Waals surface area contributed by atoms with Crippen molar-refractivity contribution < 1.29 is 9.59 Å². The molecule has 3 N–H and O–H groups in total. The van der Waals surface area contributed by atoms with Gasteiger partial charge in [-0.3, -0.25) is 14.9 Å². The van der Waals surface area contributed by atoms with E-state index in [4.69, 9.17) is 0 Å². The second-order valence-corrected chi connectivity index (χ2v) is 5.95. The fraction of sp³-hybridized carbons (Fsp3) is 0.294. The topological polar surface area (TPSA) is 70.2 Å². The van der Waals surface area contributed by atoms with Gasteiger partial charge < -0.3 is 10.6 Å². The molecule has 0 radical (unpaired) electrons. The predicted octanol–water partition coefficient (Wildman–Crippen LogP) is 1.68. The van der Waals surface area contributed by atoms with Gasteiger partial charge in [0, 0.05) is 11.4 Å². The highest BCUT2D eigenvalue weighted by Crippen LogP contribution is 2.25. The fourth-order valence-corrected chi connectivity index (χ4v) is 3.01. The van der Waals surface area contributed by atoms with Crippen LogP contribution in [0.4, 0.5) is 0 Å². The van der Waals surface area contributed by atoms with Crippen LogP contribution < -0.4 is 16.0 Å². The highest BCUT2D eigenvalue weighted by atomic mass is 32.1. The maximum Gasteiger partial charge on any atom is 0.239 e. The molecule has 0 aliphatic heterocycles. The number of nitrogens with one attached hydrogen (secondary N) is 3. The predicted molar refractivity (Wildman–Crippen MR) is 92.3 cm³/mol. The van der Waals surface area contributed by atoms with E-state index in [1.54, 1.807) is 11.3 Å². The summed E-state index contributed by atoms with van der Waals surface area (Å²) in [6.07, 6.45) is 0. The molecular formula is C17H21N3O2S. The molecule has 1 heterocycles. The van der Waals surface area contributed by atoms with Gasteiger partial charge in [-0.2, -0.15) is 0 Å². The lowest BCUT2D eigenvalue weighted by Crippen LogP contribution is -2.41. The molecule has 122 valence electrons. The number of rotatable bonds is 8. The minimum atomic E-state index is -0.200. The molecule has 23 heavy (non-hydrogen) atoms. The summed E-state index contributed by atoms with van der Waals surface area (Å²) in [4.78, 5) is 24.4. The van der Waals surface area contributed by atoms with Gasteiger partial charge in [0.05, 0.1) is 19.1 Å². The van der Waals surface area contributed by atoms with Crippen molar-refractivity contribution in [2.45, 2.75) is 13.0 Å². The van der Waals surface area contributed by atoms with Gasteiger partial charge in [-0.25, -0.2) is 0 Å². The average molecular weight is 331 g/mol. The molecule has 6 heteroatoms. The Balaban J connectivity index is 1.92. The molecule has 0 fully saturated rings.